The van der Waals surface area contributed by atoms with Crippen LogP contribution in [0.25, 0.3) is 0 Å². The first-order valence-electron chi connectivity index (χ1n) is 6.40. The van der Waals surface area contributed by atoms with Gasteiger partial charge < -0.3 is 9.80 Å². The standard InChI is InChI=1S/C12H17N7/c1-9-7-14-16-11(10(9)2)18-3-5-19(6-4-18)12-13-8-15-17-12/h7-8H,3-6H2,1-2H3,(H,13,15,17). The zero-order valence-electron chi connectivity index (χ0n) is 11.2. The third-order valence-corrected chi connectivity index (χ3v) is 3.61. The molecule has 0 radical (unpaired) electrons. The average Bonchev–Trinajstić information content (AvgIpc) is 2.96. The topological polar surface area (TPSA) is 73.8 Å². The number of aromatic amines is 1. The maximum absolute atomic E-state index is 4.27. The van der Waals surface area contributed by atoms with E-state index in [9.17, 15) is 0 Å². The number of piperazine rings is 1. The minimum absolute atomic E-state index is 0.840. The van der Waals surface area contributed by atoms with E-state index in [1.165, 1.54) is 17.5 Å². The van der Waals surface area contributed by atoms with Gasteiger partial charge in [0.05, 0.1) is 6.20 Å². The zero-order valence-corrected chi connectivity index (χ0v) is 11.2. The highest BCUT2D eigenvalue weighted by Crippen LogP contribution is 2.20. The Balaban J connectivity index is 1.72. The number of nitrogens with zero attached hydrogens (tertiary/aromatic N) is 6. The van der Waals surface area contributed by atoms with Crippen molar-refractivity contribution in [2.75, 3.05) is 36.0 Å². The van der Waals surface area contributed by atoms with Gasteiger partial charge in [-0.15, -0.1) is 5.10 Å². The minimum atomic E-state index is 0.840. The number of aryl methyl sites for hydroxylation is 1. The third kappa shape index (κ3) is 2.23. The van der Waals surface area contributed by atoms with E-state index in [2.05, 4.69) is 49.0 Å². The van der Waals surface area contributed by atoms with E-state index < -0.39 is 0 Å². The molecule has 1 fully saturated rings. The van der Waals surface area contributed by atoms with Crippen LogP contribution in [0.2, 0.25) is 0 Å². The molecule has 0 atom stereocenters. The molecule has 1 aliphatic rings. The van der Waals surface area contributed by atoms with Gasteiger partial charge >= 0.3 is 0 Å². The van der Waals surface area contributed by atoms with Crippen LogP contribution in [0, 0.1) is 13.8 Å². The van der Waals surface area contributed by atoms with Gasteiger partial charge in [-0.2, -0.15) is 15.2 Å². The summed E-state index contributed by atoms with van der Waals surface area (Å²) < 4.78 is 0. The van der Waals surface area contributed by atoms with E-state index in [1.54, 1.807) is 0 Å². The van der Waals surface area contributed by atoms with Crippen LogP contribution < -0.4 is 9.80 Å². The molecule has 0 amide bonds. The summed E-state index contributed by atoms with van der Waals surface area (Å²) in [5.41, 5.74) is 2.39. The van der Waals surface area contributed by atoms with E-state index in [4.69, 9.17) is 0 Å². The second-order valence-corrected chi connectivity index (χ2v) is 4.76. The summed E-state index contributed by atoms with van der Waals surface area (Å²) in [7, 11) is 0. The lowest BCUT2D eigenvalue weighted by Gasteiger charge is -2.35. The second kappa shape index (κ2) is 4.83. The molecule has 2 aromatic rings. The molecule has 0 unspecified atom stereocenters. The van der Waals surface area contributed by atoms with E-state index in [0.717, 1.165) is 37.9 Å². The highest BCUT2D eigenvalue weighted by Gasteiger charge is 2.21. The van der Waals surface area contributed by atoms with Gasteiger partial charge in [0.1, 0.15) is 6.33 Å². The van der Waals surface area contributed by atoms with Crippen molar-refractivity contribution in [2.45, 2.75) is 13.8 Å². The van der Waals surface area contributed by atoms with Gasteiger partial charge in [0.25, 0.3) is 0 Å². The van der Waals surface area contributed by atoms with Crippen molar-refractivity contribution in [3.63, 3.8) is 0 Å². The lowest BCUT2D eigenvalue weighted by Crippen LogP contribution is -2.47. The predicted molar refractivity (Wildman–Crippen MR) is 72.3 cm³/mol. The zero-order chi connectivity index (χ0) is 13.2. The molecule has 3 rings (SSSR count). The molecule has 0 bridgehead atoms. The van der Waals surface area contributed by atoms with Crippen LogP contribution >= 0.6 is 0 Å². The lowest BCUT2D eigenvalue weighted by atomic mass is 10.2. The van der Waals surface area contributed by atoms with Crippen LogP contribution in [0.3, 0.4) is 0 Å². The minimum Gasteiger partial charge on any atom is -0.351 e. The Morgan fingerprint density at radius 2 is 1.84 bits per heavy atom. The number of H-pyrrole nitrogens is 1. The highest BCUT2D eigenvalue weighted by molar-refractivity contribution is 5.49. The van der Waals surface area contributed by atoms with Crippen molar-refractivity contribution in [3.8, 4) is 0 Å². The van der Waals surface area contributed by atoms with Gasteiger partial charge in [-0.25, -0.2) is 5.10 Å². The SMILES string of the molecule is Cc1cnnc(N2CCN(c3ncn[nH]3)CC2)c1C. The molecular formula is C12H17N7. The molecule has 100 valence electrons. The first-order chi connectivity index (χ1) is 9.25. The number of anilines is 2. The Morgan fingerprint density at radius 3 is 2.53 bits per heavy atom. The fourth-order valence-electron chi connectivity index (χ4n) is 2.30. The van der Waals surface area contributed by atoms with Crippen molar-refractivity contribution >= 4 is 11.8 Å². The summed E-state index contributed by atoms with van der Waals surface area (Å²) in [4.78, 5) is 8.66. The highest BCUT2D eigenvalue weighted by atomic mass is 15.4. The largest absolute Gasteiger partial charge is 0.351 e. The number of nitrogens with one attached hydrogen (secondary N) is 1. The van der Waals surface area contributed by atoms with Gasteiger partial charge in [0.2, 0.25) is 5.95 Å². The van der Waals surface area contributed by atoms with E-state index in [0.29, 0.717) is 0 Å². The van der Waals surface area contributed by atoms with Gasteiger partial charge in [-0.3, -0.25) is 0 Å². The van der Waals surface area contributed by atoms with Crippen LogP contribution in [0.4, 0.5) is 11.8 Å². The van der Waals surface area contributed by atoms with Crippen molar-refractivity contribution in [1.29, 1.82) is 0 Å². The van der Waals surface area contributed by atoms with E-state index >= 15 is 0 Å². The summed E-state index contributed by atoms with van der Waals surface area (Å²) >= 11 is 0. The van der Waals surface area contributed by atoms with Crippen molar-refractivity contribution in [1.82, 2.24) is 25.4 Å². The molecule has 0 aliphatic carbocycles. The molecule has 7 heteroatoms. The smallest absolute Gasteiger partial charge is 0.221 e. The molecule has 2 aromatic heterocycles. The maximum Gasteiger partial charge on any atom is 0.221 e. The molecule has 1 saturated heterocycles. The molecule has 0 spiro atoms. The quantitative estimate of drug-likeness (QED) is 0.848. The summed E-state index contributed by atoms with van der Waals surface area (Å²) in [6, 6.07) is 0. The van der Waals surface area contributed by atoms with Crippen molar-refractivity contribution in [2.24, 2.45) is 0 Å². The number of hydrogen-bond donors (Lipinski definition) is 1. The average molecular weight is 259 g/mol. The monoisotopic (exact) mass is 259 g/mol. The molecular weight excluding hydrogens is 242 g/mol. The Kier molecular flexibility index (Phi) is 3.02. The Bertz CT molecular complexity index is 543. The number of hydrogen-bond acceptors (Lipinski definition) is 6. The van der Waals surface area contributed by atoms with Crippen molar-refractivity contribution in [3.05, 3.63) is 23.7 Å². The molecule has 0 aromatic carbocycles. The van der Waals surface area contributed by atoms with E-state index in [1.807, 2.05) is 6.20 Å². The second-order valence-electron chi connectivity index (χ2n) is 4.76. The van der Waals surface area contributed by atoms with Crippen LogP contribution in [0.1, 0.15) is 11.1 Å². The van der Waals surface area contributed by atoms with Crippen LogP contribution in [0.5, 0.6) is 0 Å². The summed E-state index contributed by atoms with van der Waals surface area (Å²) in [6.45, 7) is 7.81. The summed E-state index contributed by atoms with van der Waals surface area (Å²) in [5, 5.41) is 15.1. The number of aromatic nitrogens is 5. The predicted octanol–water partition coefficient (Wildman–Crippen LogP) is 0.538. The number of rotatable bonds is 2. The first kappa shape index (κ1) is 11.9. The lowest BCUT2D eigenvalue weighted by molar-refractivity contribution is 0.630. The molecule has 7 nitrogen and oxygen atoms in total. The van der Waals surface area contributed by atoms with Crippen LogP contribution in [-0.2, 0) is 0 Å². The Labute approximate surface area is 111 Å². The van der Waals surface area contributed by atoms with E-state index in [-0.39, 0.29) is 0 Å². The molecule has 19 heavy (non-hydrogen) atoms. The maximum atomic E-state index is 4.27. The molecule has 1 N–H and O–H groups in total. The fourth-order valence-corrected chi connectivity index (χ4v) is 2.30. The van der Waals surface area contributed by atoms with Gasteiger partial charge in [-0.05, 0) is 25.0 Å². The van der Waals surface area contributed by atoms with Crippen LogP contribution in [0.15, 0.2) is 12.5 Å². The molecule has 3 heterocycles. The normalized spacial score (nSPS) is 15.9. The fraction of sp³-hybridized carbons (Fsp3) is 0.500. The van der Waals surface area contributed by atoms with Gasteiger partial charge in [0, 0.05) is 26.2 Å². The van der Waals surface area contributed by atoms with Gasteiger partial charge in [0.15, 0.2) is 5.82 Å². The summed E-state index contributed by atoms with van der Waals surface area (Å²) in [5.74, 6) is 1.84. The molecule has 0 saturated carbocycles. The Morgan fingerprint density at radius 1 is 1.11 bits per heavy atom. The first-order valence-corrected chi connectivity index (χ1v) is 6.40. The third-order valence-electron chi connectivity index (χ3n) is 3.61. The Hall–Kier alpha value is -2.18. The van der Waals surface area contributed by atoms with Crippen LogP contribution in [-0.4, -0.2) is 51.6 Å². The van der Waals surface area contributed by atoms with Crippen molar-refractivity contribution < 1.29 is 0 Å². The van der Waals surface area contributed by atoms with Gasteiger partial charge in [-0.1, -0.05) is 0 Å². The molecule has 1 aliphatic heterocycles. The summed E-state index contributed by atoms with van der Waals surface area (Å²) in [6.07, 6.45) is 3.35.